The van der Waals surface area contributed by atoms with E-state index in [0.717, 1.165) is 5.56 Å². The van der Waals surface area contributed by atoms with Crippen molar-refractivity contribution in [3.8, 4) is 0 Å². The van der Waals surface area contributed by atoms with Gasteiger partial charge in [0.1, 0.15) is 0 Å². The number of aliphatic carboxylic acids is 1. The van der Waals surface area contributed by atoms with Crippen molar-refractivity contribution in [2.75, 3.05) is 0 Å². The zero-order valence-electron chi connectivity index (χ0n) is 14.5. The number of hydrogen-bond acceptors (Lipinski definition) is 4. The van der Waals surface area contributed by atoms with Gasteiger partial charge in [-0.25, -0.2) is 0 Å². The van der Waals surface area contributed by atoms with Crippen molar-refractivity contribution in [2.45, 2.75) is 63.8 Å². The molecule has 1 aromatic rings. The van der Waals surface area contributed by atoms with E-state index in [1.165, 1.54) is 0 Å². The summed E-state index contributed by atoms with van der Waals surface area (Å²) in [5, 5.41) is 28.3. The fourth-order valence-corrected chi connectivity index (χ4v) is 3.53. The first kappa shape index (κ1) is 19.4. The third-order valence-electron chi connectivity index (χ3n) is 4.82. The standard InChI is InChI=1S/C19H27NO5/c1-13-9-18(23)20(12-14-5-3-2-4-6-14)17(13)8-7-15(21)10-16(22)11-19(24)25/h2-6,13,15-17,21-22H,7-12H2,1H3,(H,24,25)/t13-,15+,16-,17-/m1/s1. The summed E-state index contributed by atoms with van der Waals surface area (Å²) in [5.74, 6) is -0.738. The SMILES string of the molecule is C[C@@H]1CC(=O)N(Cc2ccccc2)[C@@H]1CC[C@H](O)C[C@@H](O)CC(=O)O. The van der Waals surface area contributed by atoms with Gasteiger partial charge >= 0.3 is 5.97 Å². The number of aliphatic hydroxyl groups excluding tert-OH is 2. The van der Waals surface area contributed by atoms with Gasteiger partial charge in [-0.3, -0.25) is 9.59 Å². The molecular weight excluding hydrogens is 322 g/mol. The number of rotatable bonds is 9. The lowest BCUT2D eigenvalue weighted by Crippen LogP contribution is -2.35. The summed E-state index contributed by atoms with van der Waals surface area (Å²) in [7, 11) is 0. The maximum Gasteiger partial charge on any atom is 0.305 e. The molecule has 138 valence electrons. The number of carbonyl (C=O) groups is 2. The third kappa shape index (κ3) is 5.83. The van der Waals surface area contributed by atoms with E-state index in [2.05, 4.69) is 0 Å². The zero-order valence-corrected chi connectivity index (χ0v) is 14.5. The van der Waals surface area contributed by atoms with Crippen LogP contribution in [0.4, 0.5) is 0 Å². The van der Waals surface area contributed by atoms with Crippen LogP contribution in [0, 0.1) is 5.92 Å². The van der Waals surface area contributed by atoms with E-state index in [0.29, 0.717) is 25.8 Å². The molecule has 0 saturated carbocycles. The minimum atomic E-state index is -1.08. The molecule has 1 heterocycles. The van der Waals surface area contributed by atoms with E-state index in [1.54, 1.807) is 0 Å². The predicted octanol–water partition coefficient (Wildman–Crippen LogP) is 1.79. The monoisotopic (exact) mass is 349 g/mol. The van der Waals surface area contributed by atoms with E-state index in [1.807, 2.05) is 42.2 Å². The summed E-state index contributed by atoms with van der Waals surface area (Å²) in [5.41, 5.74) is 1.08. The lowest BCUT2D eigenvalue weighted by atomic mass is 9.95. The van der Waals surface area contributed by atoms with Crippen molar-refractivity contribution < 1.29 is 24.9 Å². The molecular formula is C19H27NO5. The Hall–Kier alpha value is -1.92. The minimum Gasteiger partial charge on any atom is -0.481 e. The summed E-state index contributed by atoms with van der Waals surface area (Å²) in [4.78, 5) is 24.7. The summed E-state index contributed by atoms with van der Waals surface area (Å²) in [6, 6.07) is 9.87. The first-order valence-corrected chi connectivity index (χ1v) is 8.78. The summed E-state index contributed by atoms with van der Waals surface area (Å²) in [6.07, 6.45) is -0.554. The Bertz CT molecular complexity index is 576. The second-order valence-corrected chi connectivity index (χ2v) is 6.97. The molecule has 6 heteroatoms. The van der Waals surface area contributed by atoms with Gasteiger partial charge in [-0.15, -0.1) is 0 Å². The van der Waals surface area contributed by atoms with E-state index >= 15 is 0 Å². The van der Waals surface area contributed by atoms with Crippen LogP contribution >= 0.6 is 0 Å². The molecule has 0 aromatic heterocycles. The van der Waals surface area contributed by atoms with Crippen LogP contribution in [-0.4, -0.2) is 50.3 Å². The van der Waals surface area contributed by atoms with Gasteiger partial charge in [-0.05, 0) is 30.7 Å². The van der Waals surface area contributed by atoms with Crippen molar-refractivity contribution in [2.24, 2.45) is 5.92 Å². The number of likely N-dealkylation sites (tertiary alicyclic amines) is 1. The largest absolute Gasteiger partial charge is 0.481 e. The molecule has 0 bridgehead atoms. The molecule has 0 radical (unpaired) electrons. The van der Waals surface area contributed by atoms with Crippen LogP contribution in [0.2, 0.25) is 0 Å². The van der Waals surface area contributed by atoms with Gasteiger partial charge in [0.25, 0.3) is 0 Å². The number of carboxylic acid groups (broad SMARTS) is 1. The maximum absolute atomic E-state index is 12.3. The highest BCUT2D eigenvalue weighted by molar-refractivity contribution is 5.79. The van der Waals surface area contributed by atoms with Crippen LogP contribution in [0.25, 0.3) is 0 Å². The number of amides is 1. The number of carboxylic acids is 1. The molecule has 1 saturated heterocycles. The molecule has 1 amide bonds. The van der Waals surface area contributed by atoms with Gasteiger partial charge in [-0.1, -0.05) is 37.3 Å². The summed E-state index contributed by atoms with van der Waals surface area (Å²) in [6.45, 7) is 2.60. The summed E-state index contributed by atoms with van der Waals surface area (Å²) >= 11 is 0. The normalized spacial score (nSPS) is 22.8. The molecule has 0 unspecified atom stereocenters. The molecule has 2 rings (SSSR count). The molecule has 1 aliphatic heterocycles. The van der Waals surface area contributed by atoms with Crippen LogP contribution in [0.5, 0.6) is 0 Å². The van der Waals surface area contributed by atoms with Gasteiger partial charge in [0.15, 0.2) is 0 Å². The Kier molecular flexibility index (Phi) is 6.96. The first-order chi connectivity index (χ1) is 11.9. The minimum absolute atomic E-state index is 0.0417. The first-order valence-electron chi connectivity index (χ1n) is 8.78. The molecule has 0 spiro atoms. The fraction of sp³-hybridized carbons (Fsp3) is 0.579. The second kappa shape index (κ2) is 8.97. The van der Waals surface area contributed by atoms with Gasteiger partial charge in [0.2, 0.25) is 5.91 Å². The smallest absolute Gasteiger partial charge is 0.305 e. The maximum atomic E-state index is 12.3. The van der Waals surface area contributed by atoms with E-state index in [4.69, 9.17) is 5.11 Å². The lowest BCUT2D eigenvalue weighted by molar-refractivity contribution is -0.139. The average molecular weight is 349 g/mol. The molecule has 1 aromatic carbocycles. The van der Waals surface area contributed by atoms with Gasteiger partial charge in [0.05, 0.1) is 18.6 Å². The molecule has 25 heavy (non-hydrogen) atoms. The molecule has 4 atom stereocenters. The van der Waals surface area contributed by atoms with Gasteiger partial charge < -0.3 is 20.2 Å². The van der Waals surface area contributed by atoms with Crippen LogP contribution in [0.3, 0.4) is 0 Å². The van der Waals surface area contributed by atoms with Crippen LogP contribution in [-0.2, 0) is 16.1 Å². The highest BCUT2D eigenvalue weighted by atomic mass is 16.4. The van der Waals surface area contributed by atoms with Crippen LogP contribution in [0.15, 0.2) is 30.3 Å². The van der Waals surface area contributed by atoms with Crippen molar-refractivity contribution in [3.05, 3.63) is 35.9 Å². The van der Waals surface area contributed by atoms with Gasteiger partial charge in [0, 0.05) is 19.0 Å². The average Bonchev–Trinajstić information content (AvgIpc) is 2.79. The second-order valence-electron chi connectivity index (χ2n) is 6.97. The fourth-order valence-electron chi connectivity index (χ4n) is 3.53. The number of carbonyl (C=O) groups excluding carboxylic acids is 1. The van der Waals surface area contributed by atoms with Crippen molar-refractivity contribution in [1.82, 2.24) is 4.90 Å². The van der Waals surface area contributed by atoms with Crippen molar-refractivity contribution >= 4 is 11.9 Å². The van der Waals surface area contributed by atoms with Crippen molar-refractivity contribution in [3.63, 3.8) is 0 Å². The molecule has 1 aliphatic rings. The predicted molar refractivity (Wildman–Crippen MR) is 92.7 cm³/mol. The lowest BCUT2D eigenvalue weighted by Gasteiger charge is -2.28. The quantitative estimate of drug-likeness (QED) is 0.631. The number of benzene rings is 1. The van der Waals surface area contributed by atoms with Crippen molar-refractivity contribution in [1.29, 1.82) is 0 Å². The Morgan fingerprint density at radius 1 is 1.24 bits per heavy atom. The third-order valence-corrected chi connectivity index (χ3v) is 4.82. The molecule has 1 fully saturated rings. The van der Waals surface area contributed by atoms with Crippen LogP contribution < -0.4 is 0 Å². The number of hydrogen-bond donors (Lipinski definition) is 3. The number of nitrogens with zero attached hydrogens (tertiary/aromatic N) is 1. The number of aliphatic hydroxyl groups is 2. The highest BCUT2D eigenvalue weighted by Crippen LogP contribution is 2.30. The van der Waals surface area contributed by atoms with E-state index in [-0.39, 0.29) is 30.7 Å². The van der Waals surface area contributed by atoms with Gasteiger partial charge in [-0.2, -0.15) is 0 Å². The molecule has 0 aliphatic carbocycles. The highest BCUT2D eigenvalue weighted by Gasteiger charge is 2.36. The Balaban J connectivity index is 1.89. The Morgan fingerprint density at radius 2 is 1.92 bits per heavy atom. The molecule has 6 nitrogen and oxygen atoms in total. The molecule has 3 N–H and O–H groups in total. The Labute approximate surface area is 148 Å². The topological polar surface area (TPSA) is 98.1 Å². The summed E-state index contributed by atoms with van der Waals surface area (Å²) < 4.78 is 0. The van der Waals surface area contributed by atoms with E-state index in [9.17, 15) is 19.8 Å². The Morgan fingerprint density at radius 3 is 2.56 bits per heavy atom. The van der Waals surface area contributed by atoms with E-state index < -0.39 is 18.2 Å². The van der Waals surface area contributed by atoms with Crippen LogP contribution in [0.1, 0.15) is 44.6 Å². The zero-order chi connectivity index (χ0) is 18.4.